The third kappa shape index (κ3) is 4.49. The molecule has 0 aliphatic heterocycles. The SMILES string of the molecule is Cc1cocc1-c1c2ccccc2c(-c2cccc3sc4cccc(-c5c6c(c(-c7ccccc7)c7ccccc57)C=CCC6)c4c23)c2ccccc12. The van der Waals surface area contributed by atoms with Gasteiger partial charge >= 0.3 is 0 Å². The molecule has 1 aliphatic rings. The molecule has 8 aromatic carbocycles. The maximum Gasteiger partial charge on any atom is 0.0984 e. The second-order valence-corrected chi connectivity index (χ2v) is 15.3. The van der Waals surface area contributed by atoms with E-state index in [1.807, 2.05) is 23.9 Å². The van der Waals surface area contributed by atoms with Gasteiger partial charge < -0.3 is 4.42 Å². The molecular weight excluding hydrogens is 661 g/mol. The number of benzene rings is 8. The standard InChI is InChI=1S/C51H34OS/c1-31-29-52-30-43(31)49-39-23-11-9-21-37(39)48(38-22-10-12-24-40(38)49)42-26-14-28-45-51(42)50-41(25-13-27-44(50)53-45)47-35-19-7-5-17-33(35)46(32-15-3-2-4-16-32)34-18-6-8-20-36(34)47/h2-7,9-19,21-30H,8,20H2,1H3. The number of fused-ring (bicyclic) bond motifs is 7. The van der Waals surface area contributed by atoms with Crippen LogP contribution in [-0.2, 0) is 6.42 Å². The fourth-order valence-corrected chi connectivity index (χ4v) is 10.4. The maximum absolute atomic E-state index is 5.76. The molecule has 0 atom stereocenters. The smallest absolute Gasteiger partial charge is 0.0984 e. The van der Waals surface area contributed by atoms with E-state index in [0.717, 1.165) is 24.0 Å². The van der Waals surface area contributed by atoms with E-state index in [0.29, 0.717) is 0 Å². The van der Waals surface area contributed by atoms with Crippen molar-refractivity contribution < 1.29 is 4.42 Å². The molecule has 0 N–H and O–H groups in total. The van der Waals surface area contributed by atoms with Crippen molar-refractivity contribution in [1.29, 1.82) is 0 Å². The molecule has 0 saturated heterocycles. The first-order valence-electron chi connectivity index (χ1n) is 18.5. The molecule has 1 nitrogen and oxygen atoms in total. The lowest BCUT2D eigenvalue weighted by molar-refractivity contribution is 0.566. The Labute approximate surface area is 312 Å². The van der Waals surface area contributed by atoms with E-state index >= 15 is 0 Å². The van der Waals surface area contributed by atoms with Crippen LogP contribution in [0.4, 0.5) is 0 Å². The van der Waals surface area contributed by atoms with Gasteiger partial charge in [-0.05, 0) is 114 Å². The van der Waals surface area contributed by atoms with Gasteiger partial charge in [0.15, 0.2) is 0 Å². The van der Waals surface area contributed by atoms with Crippen LogP contribution in [0.1, 0.15) is 23.1 Å². The largest absolute Gasteiger partial charge is 0.472 e. The van der Waals surface area contributed by atoms with Crippen LogP contribution in [0.25, 0.3) is 103 Å². The van der Waals surface area contributed by atoms with Gasteiger partial charge in [-0.2, -0.15) is 0 Å². The number of hydrogen-bond acceptors (Lipinski definition) is 2. The highest BCUT2D eigenvalue weighted by Crippen LogP contribution is 2.52. The highest BCUT2D eigenvalue weighted by Gasteiger charge is 2.25. The highest BCUT2D eigenvalue weighted by molar-refractivity contribution is 7.26. The van der Waals surface area contributed by atoms with Gasteiger partial charge in [0.2, 0.25) is 0 Å². The number of rotatable bonds is 4. The second kappa shape index (κ2) is 11.9. The van der Waals surface area contributed by atoms with Crippen molar-refractivity contribution in [1.82, 2.24) is 0 Å². The Morgan fingerprint density at radius 3 is 1.55 bits per heavy atom. The van der Waals surface area contributed by atoms with Crippen LogP contribution in [0.3, 0.4) is 0 Å². The van der Waals surface area contributed by atoms with Gasteiger partial charge in [0, 0.05) is 31.3 Å². The monoisotopic (exact) mass is 694 g/mol. The van der Waals surface area contributed by atoms with E-state index in [9.17, 15) is 0 Å². The van der Waals surface area contributed by atoms with Gasteiger partial charge in [-0.25, -0.2) is 0 Å². The molecule has 53 heavy (non-hydrogen) atoms. The van der Waals surface area contributed by atoms with Gasteiger partial charge in [0.1, 0.15) is 0 Å². The first-order valence-corrected chi connectivity index (χ1v) is 19.3. The minimum absolute atomic E-state index is 1.02. The Hall–Kier alpha value is -6.22. The van der Waals surface area contributed by atoms with E-state index in [1.54, 1.807) is 0 Å². The molecule has 10 aromatic rings. The first kappa shape index (κ1) is 30.4. The number of allylic oxidation sites excluding steroid dienone is 1. The van der Waals surface area contributed by atoms with Gasteiger partial charge in [0.05, 0.1) is 12.5 Å². The molecule has 2 aromatic heterocycles. The van der Waals surface area contributed by atoms with Crippen LogP contribution in [0.15, 0.2) is 163 Å². The zero-order chi connectivity index (χ0) is 35.0. The summed E-state index contributed by atoms with van der Waals surface area (Å²) in [5.74, 6) is 0. The Kier molecular flexibility index (Phi) is 6.84. The lowest BCUT2D eigenvalue weighted by atomic mass is 9.79. The summed E-state index contributed by atoms with van der Waals surface area (Å²) in [5.41, 5.74) is 14.2. The predicted molar refractivity (Wildman–Crippen MR) is 228 cm³/mol. The normalized spacial score (nSPS) is 12.8. The lowest BCUT2D eigenvalue weighted by Gasteiger charge is -2.24. The zero-order valence-corrected chi connectivity index (χ0v) is 30.1. The first-order chi connectivity index (χ1) is 26.3. The minimum atomic E-state index is 1.02. The molecule has 2 heteroatoms. The summed E-state index contributed by atoms with van der Waals surface area (Å²) in [6, 6.07) is 51.8. The zero-order valence-electron chi connectivity index (χ0n) is 29.3. The van der Waals surface area contributed by atoms with Crippen molar-refractivity contribution in [3.05, 3.63) is 175 Å². The van der Waals surface area contributed by atoms with Crippen LogP contribution in [-0.4, -0.2) is 0 Å². The van der Waals surface area contributed by atoms with E-state index in [1.165, 1.54) is 103 Å². The van der Waals surface area contributed by atoms with Gasteiger partial charge in [-0.3, -0.25) is 0 Å². The molecule has 250 valence electrons. The van der Waals surface area contributed by atoms with E-state index < -0.39 is 0 Å². The summed E-state index contributed by atoms with van der Waals surface area (Å²) >= 11 is 1.91. The molecule has 0 radical (unpaired) electrons. The Balaban J connectivity index is 1.28. The Bertz CT molecular complexity index is 3060. The fraction of sp³-hybridized carbons (Fsp3) is 0.0588. The van der Waals surface area contributed by atoms with Crippen molar-refractivity contribution >= 4 is 69.9 Å². The van der Waals surface area contributed by atoms with Gasteiger partial charge in [0.25, 0.3) is 0 Å². The fourth-order valence-electron chi connectivity index (χ4n) is 9.22. The minimum Gasteiger partial charge on any atom is -0.472 e. The highest BCUT2D eigenvalue weighted by atomic mass is 32.1. The third-order valence-corrected chi connectivity index (χ3v) is 12.5. The van der Waals surface area contributed by atoms with Crippen LogP contribution in [0, 0.1) is 6.92 Å². The summed E-state index contributed by atoms with van der Waals surface area (Å²) in [6.07, 6.45) is 10.6. The summed E-state index contributed by atoms with van der Waals surface area (Å²) < 4.78 is 8.39. The van der Waals surface area contributed by atoms with Crippen LogP contribution in [0.2, 0.25) is 0 Å². The third-order valence-electron chi connectivity index (χ3n) is 11.4. The molecule has 1 aliphatic carbocycles. The Morgan fingerprint density at radius 1 is 0.472 bits per heavy atom. The number of thiophene rings is 1. The number of furan rings is 1. The van der Waals surface area contributed by atoms with E-state index in [2.05, 4.69) is 159 Å². The molecule has 0 bridgehead atoms. The van der Waals surface area contributed by atoms with E-state index in [-0.39, 0.29) is 0 Å². The average Bonchev–Trinajstić information content (AvgIpc) is 3.82. The Morgan fingerprint density at radius 2 is 0.981 bits per heavy atom. The van der Waals surface area contributed by atoms with Gasteiger partial charge in [-0.15, -0.1) is 11.3 Å². The molecule has 0 unspecified atom stereocenters. The molecule has 0 spiro atoms. The summed E-state index contributed by atoms with van der Waals surface area (Å²) in [5, 5.41) is 10.3. The average molecular weight is 695 g/mol. The maximum atomic E-state index is 5.76. The molecule has 11 rings (SSSR count). The van der Waals surface area contributed by atoms with Crippen molar-refractivity contribution in [2.75, 3.05) is 0 Å². The molecule has 0 saturated carbocycles. The molecule has 0 fully saturated rings. The van der Waals surface area contributed by atoms with Crippen molar-refractivity contribution in [3.63, 3.8) is 0 Å². The van der Waals surface area contributed by atoms with E-state index in [4.69, 9.17) is 4.42 Å². The van der Waals surface area contributed by atoms with Crippen LogP contribution >= 0.6 is 11.3 Å². The van der Waals surface area contributed by atoms with Crippen LogP contribution in [0.5, 0.6) is 0 Å². The summed E-state index contributed by atoms with van der Waals surface area (Å²) in [7, 11) is 0. The quantitative estimate of drug-likeness (QED) is 0.167. The van der Waals surface area contributed by atoms with Crippen molar-refractivity contribution in [3.8, 4) is 44.5 Å². The number of hydrogen-bond donors (Lipinski definition) is 0. The number of aryl methyl sites for hydroxylation is 1. The topological polar surface area (TPSA) is 13.1 Å². The van der Waals surface area contributed by atoms with Gasteiger partial charge in [-0.1, -0.05) is 140 Å². The summed E-state index contributed by atoms with van der Waals surface area (Å²) in [6.45, 7) is 2.14. The predicted octanol–water partition coefficient (Wildman–Crippen LogP) is 15.0. The lowest BCUT2D eigenvalue weighted by Crippen LogP contribution is -2.02. The molecule has 2 heterocycles. The van der Waals surface area contributed by atoms with Crippen molar-refractivity contribution in [2.24, 2.45) is 0 Å². The summed E-state index contributed by atoms with van der Waals surface area (Å²) in [4.78, 5) is 0. The molecule has 0 amide bonds. The van der Waals surface area contributed by atoms with Crippen molar-refractivity contribution in [2.45, 2.75) is 19.8 Å². The second-order valence-electron chi connectivity index (χ2n) is 14.3. The molecular formula is C51H34OS. The van der Waals surface area contributed by atoms with Crippen LogP contribution < -0.4 is 0 Å².